The number of hydrogen-bond acceptors (Lipinski definition) is 5. The van der Waals surface area contributed by atoms with Gasteiger partial charge in [0.1, 0.15) is 12.4 Å². The Kier molecular flexibility index (Phi) is 6.72. The molecule has 1 aliphatic heterocycles. The minimum atomic E-state index is -0.437. The Hall–Kier alpha value is -2.97. The van der Waals surface area contributed by atoms with E-state index in [1.54, 1.807) is 41.3 Å². The number of benzene rings is 1. The second kappa shape index (κ2) is 9.67. The lowest BCUT2D eigenvalue weighted by atomic mass is 9.94. The smallest absolute Gasteiger partial charge is 0.253 e. The topological polar surface area (TPSA) is 101 Å². The maximum atomic E-state index is 13.0. The number of rotatable bonds is 5. The van der Waals surface area contributed by atoms with E-state index in [1.807, 2.05) is 6.92 Å². The van der Waals surface area contributed by atoms with Gasteiger partial charge >= 0.3 is 0 Å². The zero-order chi connectivity index (χ0) is 22.7. The summed E-state index contributed by atoms with van der Waals surface area (Å²) >= 11 is 5.84. The van der Waals surface area contributed by atoms with Gasteiger partial charge < -0.3 is 20.3 Å². The van der Waals surface area contributed by atoms with Crippen molar-refractivity contribution in [2.75, 3.05) is 35.3 Å². The van der Waals surface area contributed by atoms with Gasteiger partial charge in [-0.1, -0.05) is 18.5 Å². The maximum Gasteiger partial charge on any atom is 0.253 e. The van der Waals surface area contributed by atoms with Crippen LogP contribution >= 0.6 is 11.6 Å². The van der Waals surface area contributed by atoms with E-state index in [0.717, 1.165) is 5.69 Å². The van der Waals surface area contributed by atoms with E-state index in [1.165, 1.54) is 6.20 Å². The van der Waals surface area contributed by atoms with Gasteiger partial charge in [-0.3, -0.25) is 14.4 Å². The second-order valence-corrected chi connectivity index (χ2v) is 8.71. The van der Waals surface area contributed by atoms with Crippen LogP contribution < -0.4 is 15.5 Å². The van der Waals surface area contributed by atoms with Crippen molar-refractivity contribution in [2.45, 2.75) is 19.8 Å². The van der Waals surface area contributed by atoms with Gasteiger partial charge in [0.15, 0.2) is 0 Å². The molecule has 0 radical (unpaired) electrons. The van der Waals surface area contributed by atoms with Gasteiger partial charge in [0.2, 0.25) is 11.8 Å². The Morgan fingerprint density at radius 2 is 1.75 bits per heavy atom. The Labute approximate surface area is 191 Å². The summed E-state index contributed by atoms with van der Waals surface area (Å²) in [5, 5.41) is 6.20. The van der Waals surface area contributed by atoms with Gasteiger partial charge in [0.05, 0.1) is 23.5 Å². The molecule has 9 heteroatoms. The van der Waals surface area contributed by atoms with E-state index in [9.17, 15) is 14.4 Å². The second-order valence-electron chi connectivity index (χ2n) is 8.27. The van der Waals surface area contributed by atoms with Crippen LogP contribution in [0.1, 0.15) is 19.8 Å². The molecular weight excluding hydrogens is 432 g/mol. The van der Waals surface area contributed by atoms with Crippen LogP contribution in [0.15, 0.2) is 42.6 Å². The SMILES string of the molecule is C[C@@H]1C[C@H](C(=O)Nc2ccc(N3CCOCC3=O)cc2)[C@@H](C(=O)Nc2ccc(Cl)cn2)C1. The fraction of sp³-hybridized carbons (Fsp3) is 0.391. The molecule has 1 aromatic heterocycles. The van der Waals surface area contributed by atoms with Gasteiger partial charge in [-0.25, -0.2) is 4.98 Å². The molecule has 2 aromatic rings. The van der Waals surface area contributed by atoms with Crippen LogP contribution in [0.25, 0.3) is 0 Å². The maximum absolute atomic E-state index is 13.0. The monoisotopic (exact) mass is 456 g/mol. The standard InChI is InChI=1S/C23H25ClN4O4/c1-14-10-18(19(11-14)23(31)27-20-7-2-15(24)12-25-20)22(30)26-16-3-5-17(6-4-16)28-8-9-32-13-21(28)29/h2-7,12,14,18-19H,8-11,13H2,1H3,(H,26,30)(H,25,27,31)/t14-,18+,19+/m1/s1. The van der Waals surface area contributed by atoms with Crippen LogP contribution in [0.3, 0.4) is 0 Å². The first-order chi connectivity index (χ1) is 15.4. The lowest BCUT2D eigenvalue weighted by molar-refractivity contribution is -0.128. The van der Waals surface area contributed by atoms with E-state index >= 15 is 0 Å². The number of nitrogens with zero attached hydrogens (tertiary/aromatic N) is 2. The molecule has 0 unspecified atom stereocenters. The molecule has 32 heavy (non-hydrogen) atoms. The molecule has 4 rings (SSSR count). The average Bonchev–Trinajstić information content (AvgIpc) is 3.18. The van der Waals surface area contributed by atoms with E-state index < -0.39 is 11.8 Å². The zero-order valence-corrected chi connectivity index (χ0v) is 18.5. The number of carbonyl (C=O) groups excluding carboxylic acids is 3. The van der Waals surface area contributed by atoms with E-state index in [0.29, 0.717) is 42.5 Å². The Bertz CT molecular complexity index is 996. The van der Waals surface area contributed by atoms with Gasteiger partial charge in [0, 0.05) is 24.1 Å². The van der Waals surface area contributed by atoms with Gasteiger partial charge in [-0.05, 0) is 55.2 Å². The Morgan fingerprint density at radius 3 is 2.38 bits per heavy atom. The fourth-order valence-corrected chi connectivity index (χ4v) is 4.40. The number of anilines is 3. The van der Waals surface area contributed by atoms with Crippen LogP contribution in [-0.2, 0) is 19.1 Å². The van der Waals surface area contributed by atoms with E-state index in [-0.39, 0.29) is 30.2 Å². The van der Waals surface area contributed by atoms with Gasteiger partial charge in [-0.15, -0.1) is 0 Å². The molecule has 3 amide bonds. The molecule has 1 aliphatic carbocycles. The van der Waals surface area contributed by atoms with E-state index in [2.05, 4.69) is 15.6 Å². The van der Waals surface area contributed by atoms with Crippen molar-refractivity contribution >= 4 is 46.5 Å². The molecular formula is C23H25ClN4O4. The van der Waals surface area contributed by atoms with Gasteiger partial charge in [-0.2, -0.15) is 0 Å². The Morgan fingerprint density at radius 1 is 1.06 bits per heavy atom. The summed E-state index contributed by atoms with van der Waals surface area (Å²) in [6.07, 6.45) is 2.74. The number of halogens is 1. The quantitative estimate of drug-likeness (QED) is 0.718. The van der Waals surface area contributed by atoms with Crippen LogP contribution in [0.2, 0.25) is 5.02 Å². The predicted octanol–water partition coefficient (Wildman–Crippen LogP) is 3.34. The summed E-state index contributed by atoms with van der Waals surface area (Å²) in [6, 6.07) is 10.4. The number of pyridine rings is 1. The van der Waals surface area contributed by atoms with Crippen LogP contribution in [0.4, 0.5) is 17.2 Å². The lowest BCUT2D eigenvalue weighted by Gasteiger charge is -2.27. The number of aromatic nitrogens is 1. The molecule has 8 nitrogen and oxygen atoms in total. The number of ether oxygens (including phenoxy) is 1. The van der Waals surface area contributed by atoms with Crippen molar-refractivity contribution in [1.29, 1.82) is 0 Å². The summed E-state index contributed by atoms with van der Waals surface area (Å²) in [4.78, 5) is 43.6. The van der Waals surface area contributed by atoms with Crippen molar-refractivity contribution in [2.24, 2.45) is 17.8 Å². The van der Waals surface area contributed by atoms with Gasteiger partial charge in [0.25, 0.3) is 5.91 Å². The van der Waals surface area contributed by atoms with Crippen molar-refractivity contribution in [3.8, 4) is 0 Å². The lowest BCUT2D eigenvalue weighted by Crippen LogP contribution is -2.41. The molecule has 0 bridgehead atoms. The highest BCUT2D eigenvalue weighted by Crippen LogP contribution is 2.37. The normalized spacial score (nSPS) is 23.1. The van der Waals surface area contributed by atoms with Crippen molar-refractivity contribution < 1.29 is 19.1 Å². The van der Waals surface area contributed by atoms with Crippen LogP contribution in [-0.4, -0.2) is 42.5 Å². The number of morpholine rings is 1. The summed E-state index contributed by atoms with van der Waals surface area (Å²) in [5.74, 6) is -0.692. The number of amides is 3. The molecule has 3 atom stereocenters. The third kappa shape index (κ3) is 5.08. The molecule has 0 spiro atoms. The predicted molar refractivity (Wildman–Crippen MR) is 121 cm³/mol. The third-order valence-electron chi connectivity index (χ3n) is 5.88. The first-order valence-electron chi connectivity index (χ1n) is 10.6. The molecule has 1 aromatic carbocycles. The molecule has 2 aliphatic rings. The highest BCUT2D eigenvalue weighted by atomic mass is 35.5. The van der Waals surface area contributed by atoms with Crippen molar-refractivity contribution in [1.82, 2.24) is 4.98 Å². The molecule has 2 heterocycles. The largest absolute Gasteiger partial charge is 0.370 e. The zero-order valence-electron chi connectivity index (χ0n) is 17.7. The van der Waals surface area contributed by atoms with Crippen molar-refractivity contribution in [3.63, 3.8) is 0 Å². The first-order valence-corrected chi connectivity index (χ1v) is 11.0. The molecule has 1 saturated heterocycles. The van der Waals surface area contributed by atoms with Crippen LogP contribution in [0.5, 0.6) is 0 Å². The average molecular weight is 457 g/mol. The first kappa shape index (κ1) is 22.2. The number of carbonyl (C=O) groups is 3. The third-order valence-corrected chi connectivity index (χ3v) is 6.11. The molecule has 2 N–H and O–H groups in total. The van der Waals surface area contributed by atoms with Crippen molar-refractivity contribution in [3.05, 3.63) is 47.6 Å². The highest BCUT2D eigenvalue weighted by Gasteiger charge is 2.41. The summed E-state index contributed by atoms with van der Waals surface area (Å²) in [5.41, 5.74) is 1.39. The Balaban J connectivity index is 1.40. The minimum absolute atomic E-state index is 0.0767. The molecule has 2 fully saturated rings. The minimum Gasteiger partial charge on any atom is -0.370 e. The molecule has 168 valence electrons. The van der Waals surface area contributed by atoms with Crippen LogP contribution in [0, 0.1) is 17.8 Å². The highest BCUT2D eigenvalue weighted by molar-refractivity contribution is 6.30. The number of hydrogen-bond donors (Lipinski definition) is 2. The fourth-order valence-electron chi connectivity index (χ4n) is 4.29. The summed E-state index contributed by atoms with van der Waals surface area (Å²) in [6.45, 7) is 3.12. The molecule has 1 saturated carbocycles. The number of nitrogens with one attached hydrogen (secondary N) is 2. The summed E-state index contributed by atoms with van der Waals surface area (Å²) in [7, 11) is 0. The van der Waals surface area contributed by atoms with E-state index in [4.69, 9.17) is 16.3 Å². The summed E-state index contributed by atoms with van der Waals surface area (Å²) < 4.78 is 5.16.